The summed E-state index contributed by atoms with van der Waals surface area (Å²) in [4.78, 5) is 10.6. The second-order valence-electron chi connectivity index (χ2n) is 8.36. The SMILES string of the molecule is C=C1CCC(O)(C#C[C@@H]2[C@H]3C/C(=C/CCCC(=O)O)C[C@H]3C[C@H]2O)CC1. The molecule has 0 aliphatic heterocycles. The van der Waals surface area contributed by atoms with Crippen LogP contribution in [0.15, 0.2) is 23.8 Å². The van der Waals surface area contributed by atoms with Crippen LogP contribution >= 0.6 is 0 Å². The maximum absolute atomic E-state index is 10.7. The summed E-state index contributed by atoms with van der Waals surface area (Å²) in [7, 11) is 0. The van der Waals surface area contributed by atoms with Crippen LogP contribution < -0.4 is 0 Å². The molecule has 3 rings (SSSR count). The van der Waals surface area contributed by atoms with Gasteiger partial charge >= 0.3 is 5.97 Å². The van der Waals surface area contributed by atoms with Crippen molar-refractivity contribution >= 4 is 5.97 Å². The lowest BCUT2D eigenvalue weighted by molar-refractivity contribution is -0.137. The Morgan fingerprint density at radius 1 is 1.31 bits per heavy atom. The zero-order valence-corrected chi connectivity index (χ0v) is 15.4. The van der Waals surface area contributed by atoms with E-state index in [9.17, 15) is 15.0 Å². The van der Waals surface area contributed by atoms with Crippen molar-refractivity contribution in [2.45, 2.75) is 75.9 Å². The average Bonchev–Trinajstić information content (AvgIpc) is 3.09. The van der Waals surface area contributed by atoms with Gasteiger partial charge in [-0.1, -0.05) is 35.6 Å². The highest BCUT2D eigenvalue weighted by molar-refractivity contribution is 5.66. The Morgan fingerprint density at radius 2 is 2.04 bits per heavy atom. The van der Waals surface area contributed by atoms with Crippen LogP contribution in [0.3, 0.4) is 0 Å². The third kappa shape index (κ3) is 4.58. The molecule has 0 spiro atoms. The molecule has 0 aromatic carbocycles. The van der Waals surface area contributed by atoms with E-state index in [4.69, 9.17) is 5.11 Å². The number of hydrogen-bond donors (Lipinski definition) is 3. The van der Waals surface area contributed by atoms with Crippen LogP contribution in [0.5, 0.6) is 0 Å². The Balaban J connectivity index is 1.59. The number of aliphatic hydroxyl groups excluding tert-OH is 1. The Labute approximate surface area is 156 Å². The van der Waals surface area contributed by atoms with Crippen LogP contribution in [-0.2, 0) is 4.79 Å². The first kappa shape index (κ1) is 19.2. The monoisotopic (exact) mass is 358 g/mol. The average molecular weight is 358 g/mol. The molecule has 4 nitrogen and oxygen atoms in total. The Bertz CT molecular complexity index is 641. The zero-order chi connectivity index (χ0) is 18.7. The smallest absolute Gasteiger partial charge is 0.303 e. The van der Waals surface area contributed by atoms with Crippen LogP contribution in [0.25, 0.3) is 0 Å². The summed E-state index contributed by atoms with van der Waals surface area (Å²) in [6.45, 7) is 3.98. The predicted octanol–water partition coefficient (Wildman–Crippen LogP) is 3.44. The van der Waals surface area contributed by atoms with Gasteiger partial charge in [-0.3, -0.25) is 4.79 Å². The summed E-state index contributed by atoms with van der Waals surface area (Å²) < 4.78 is 0. The van der Waals surface area contributed by atoms with E-state index in [0.717, 1.165) is 38.5 Å². The van der Waals surface area contributed by atoms with Crippen LogP contribution in [0.1, 0.15) is 64.2 Å². The molecular formula is C22H30O4. The van der Waals surface area contributed by atoms with Gasteiger partial charge in [0.25, 0.3) is 0 Å². The number of carboxylic acid groups (broad SMARTS) is 1. The molecule has 4 atom stereocenters. The number of fused-ring (bicyclic) bond motifs is 1. The molecule has 0 bridgehead atoms. The molecule has 0 unspecified atom stereocenters. The third-order valence-corrected chi connectivity index (χ3v) is 6.33. The minimum atomic E-state index is -0.924. The minimum Gasteiger partial charge on any atom is -0.481 e. The van der Waals surface area contributed by atoms with E-state index in [0.29, 0.717) is 31.1 Å². The number of hydrogen-bond acceptors (Lipinski definition) is 3. The lowest BCUT2D eigenvalue weighted by atomic mass is 9.82. The fraction of sp³-hybridized carbons (Fsp3) is 0.682. The second-order valence-corrected chi connectivity index (χ2v) is 8.36. The summed E-state index contributed by atoms with van der Waals surface area (Å²) in [5.74, 6) is 6.39. The van der Waals surface area contributed by atoms with Crippen molar-refractivity contribution in [2.24, 2.45) is 17.8 Å². The normalized spacial score (nSPS) is 34.4. The quantitative estimate of drug-likeness (QED) is 0.409. The summed E-state index contributed by atoms with van der Waals surface area (Å²) in [6, 6.07) is 0. The molecule has 3 aliphatic rings. The molecule has 3 fully saturated rings. The van der Waals surface area contributed by atoms with E-state index in [2.05, 4.69) is 24.5 Å². The summed E-state index contributed by atoms with van der Waals surface area (Å²) >= 11 is 0. The Hall–Kier alpha value is -1.57. The molecule has 0 aromatic heterocycles. The molecule has 4 heteroatoms. The highest BCUT2D eigenvalue weighted by Gasteiger charge is 2.45. The first-order chi connectivity index (χ1) is 12.4. The van der Waals surface area contributed by atoms with Gasteiger partial charge in [-0.25, -0.2) is 0 Å². The standard InChI is InChI=1S/C22H30O4/c1-15-6-9-22(26,10-7-15)11-8-18-19-13-16(4-2-3-5-21(24)25)12-17(19)14-20(18)23/h4,17-20,23,26H,1-3,5-7,9-10,12-14H2,(H,24,25)/b16-4+/t17-,18+,19-,20+/m0/s1. The molecule has 3 N–H and O–H groups in total. The number of carboxylic acids is 1. The van der Waals surface area contributed by atoms with E-state index < -0.39 is 17.7 Å². The van der Waals surface area contributed by atoms with Gasteiger partial charge in [-0.2, -0.15) is 0 Å². The molecule has 0 radical (unpaired) electrons. The largest absolute Gasteiger partial charge is 0.481 e. The van der Waals surface area contributed by atoms with Crippen LogP contribution in [0, 0.1) is 29.6 Å². The van der Waals surface area contributed by atoms with Gasteiger partial charge < -0.3 is 15.3 Å². The Kier molecular flexibility index (Phi) is 5.89. The van der Waals surface area contributed by atoms with Gasteiger partial charge in [0.1, 0.15) is 5.60 Å². The van der Waals surface area contributed by atoms with E-state index in [1.54, 1.807) is 0 Å². The van der Waals surface area contributed by atoms with Crippen molar-refractivity contribution in [3.05, 3.63) is 23.8 Å². The van der Waals surface area contributed by atoms with Gasteiger partial charge in [-0.15, -0.1) is 0 Å². The predicted molar refractivity (Wildman–Crippen MR) is 100 cm³/mol. The van der Waals surface area contributed by atoms with Gasteiger partial charge in [-0.05, 0) is 69.6 Å². The van der Waals surface area contributed by atoms with E-state index in [1.807, 2.05) is 0 Å². The molecule has 3 aliphatic carbocycles. The van der Waals surface area contributed by atoms with Crippen LogP contribution in [0.4, 0.5) is 0 Å². The van der Waals surface area contributed by atoms with Gasteiger partial charge in [0.2, 0.25) is 0 Å². The fourth-order valence-electron chi connectivity index (χ4n) is 4.75. The molecule has 3 saturated carbocycles. The maximum Gasteiger partial charge on any atom is 0.303 e. The topological polar surface area (TPSA) is 77.8 Å². The highest BCUT2D eigenvalue weighted by atomic mass is 16.4. The molecule has 142 valence electrons. The van der Waals surface area contributed by atoms with Crippen molar-refractivity contribution in [2.75, 3.05) is 0 Å². The summed E-state index contributed by atoms with van der Waals surface area (Å²) in [5, 5.41) is 29.8. The minimum absolute atomic E-state index is 0.0564. The van der Waals surface area contributed by atoms with Crippen LogP contribution in [0.2, 0.25) is 0 Å². The lowest BCUT2D eigenvalue weighted by Gasteiger charge is -2.28. The van der Waals surface area contributed by atoms with Crippen molar-refractivity contribution in [3.63, 3.8) is 0 Å². The Morgan fingerprint density at radius 3 is 2.73 bits per heavy atom. The first-order valence-electron chi connectivity index (χ1n) is 9.86. The number of carbonyl (C=O) groups is 1. The van der Waals surface area contributed by atoms with Crippen molar-refractivity contribution < 1.29 is 20.1 Å². The molecule has 0 aromatic rings. The van der Waals surface area contributed by atoms with Crippen molar-refractivity contribution in [1.82, 2.24) is 0 Å². The number of unbranched alkanes of at least 4 members (excludes halogenated alkanes) is 1. The van der Waals surface area contributed by atoms with E-state index in [-0.39, 0.29) is 12.3 Å². The van der Waals surface area contributed by atoms with Gasteiger partial charge in [0.05, 0.1) is 6.10 Å². The zero-order valence-electron chi connectivity index (χ0n) is 15.4. The second kappa shape index (κ2) is 7.98. The maximum atomic E-state index is 10.7. The number of aliphatic carboxylic acids is 1. The first-order valence-corrected chi connectivity index (χ1v) is 9.86. The molecule has 26 heavy (non-hydrogen) atoms. The van der Waals surface area contributed by atoms with Crippen molar-refractivity contribution in [1.29, 1.82) is 0 Å². The third-order valence-electron chi connectivity index (χ3n) is 6.33. The summed E-state index contributed by atoms with van der Waals surface area (Å²) in [5.41, 5.74) is 1.65. The fourth-order valence-corrected chi connectivity index (χ4v) is 4.75. The highest BCUT2D eigenvalue weighted by Crippen LogP contribution is 2.50. The van der Waals surface area contributed by atoms with E-state index in [1.165, 1.54) is 11.1 Å². The van der Waals surface area contributed by atoms with Crippen LogP contribution in [-0.4, -0.2) is 33.0 Å². The van der Waals surface area contributed by atoms with E-state index >= 15 is 0 Å². The number of allylic oxidation sites excluding steroid dienone is 3. The summed E-state index contributed by atoms with van der Waals surface area (Å²) in [6.07, 6.45) is 9.17. The van der Waals surface area contributed by atoms with Gasteiger partial charge in [0, 0.05) is 12.3 Å². The van der Waals surface area contributed by atoms with Gasteiger partial charge in [0.15, 0.2) is 0 Å². The van der Waals surface area contributed by atoms with Crippen molar-refractivity contribution in [3.8, 4) is 11.8 Å². The lowest BCUT2D eigenvalue weighted by Crippen LogP contribution is -2.30. The molecule has 0 heterocycles. The number of rotatable bonds is 4. The number of aliphatic hydroxyl groups is 2. The molecular weight excluding hydrogens is 328 g/mol. The molecule has 0 saturated heterocycles. The molecule has 0 amide bonds.